The van der Waals surface area contributed by atoms with E-state index in [1.807, 2.05) is 0 Å². The number of hydrogen-bond acceptors (Lipinski definition) is 3. The quantitative estimate of drug-likeness (QED) is 0.768. The molecular weight excluding hydrogens is 392 g/mol. The molecule has 0 bridgehead atoms. The Hall–Kier alpha value is -3.10. The maximum Gasteiger partial charge on any atom is 0.573 e. The van der Waals surface area contributed by atoms with Gasteiger partial charge in [0.05, 0.1) is 5.92 Å². The molecule has 0 saturated carbocycles. The predicted octanol–water partition coefficient (Wildman–Crippen LogP) is 4.22. The molecule has 1 heterocycles. The van der Waals surface area contributed by atoms with Crippen molar-refractivity contribution in [2.45, 2.75) is 19.2 Å². The molecule has 2 aromatic rings. The predicted molar refractivity (Wildman–Crippen MR) is 96.8 cm³/mol. The van der Waals surface area contributed by atoms with Crippen molar-refractivity contribution in [3.63, 3.8) is 0 Å². The molecule has 9 heteroatoms. The molecule has 1 aliphatic rings. The monoisotopic (exact) mass is 410 g/mol. The average Bonchev–Trinajstić information content (AvgIpc) is 2.67. The van der Waals surface area contributed by atoms with Crippen LogP contribution in [0, 0.1) is 11.7 Å². The minimum absolute atomic E-state index is 0.165. The number of nitrogens with one attached hydrogen (secondary N) is 1. The van der Waals surface area contributed by atoms with Crippen molar-refractivity contribution in [2.75, 3.05) is 18.4 Å². The third-order valence-corrected chi connectivity index (χ3v) is 4.51. The fourth-order valence-corrected chi connectivity index (χ4v) is 3.17. The van der Waals surface area contributed by atoms with Gasteiger partial charge in [-0.15, -0.1) is 13.2 Å². The van der Waals surface area contributed by atoms with Gasteiger partial charge in [0.25, 0.3) is 5.91 Å². The highest BCUT2D eigenvalue weighted by Crippen LogP contribution is 2.26. The van der Waals surface area contributed by atoms with Crippen LogP contribution in [0.2, 0.25) is 0 Å². The third-order valence-electron chi connectivity index (χ3n) is 4.51. The number of hydrogen-bond donors (Lipinski definition) is 1. The van der Waals surface area contributed by atoms with Gasteiger partial charge in [-0.3, -0.25) is 9.59 Å². The lowest BCUT2D eigenvalue weighted by atomic mass is 9.96. The van der Waals surface area contributed by atoms with Gasteiger partial charge in [0.1, 0.15) is 11.6 Å². The number of alkyl halides is 3. The van der Waals surface area contributed by atoms with Gasteiger partial charge in [-0.2, -0.15) is 0 Å². The van der Waals surface area contributed by atoms with E-state index in [1.165, 1.54) is 41.3 Å². The molecule has 154 valence electrons. The zero-order valence-corrected chi connectivity index (χ0v) is 15.2. The lowest BCUT2D eigenvalue weighted by Crippen LogP contribution is -2.43. The Bertz CT molecular complexity index is 884. The van der Waals surface area contributed by atoms with Gasteiger partial charge in [-0.1, -0.05) is 6.07 Å². The molecule has 1 fully saturated rings. The summed E-state index contributed by atoms with van der Waals surface area (Å²) in [6, 6.07) is 10.1. The number of amides is 2. The molecule has 1 aliphatic heterocycles. The molecule has 3 rings (SSSR count). The normalized spacial score (nSPS) is 17.0. The van der Waals surface area contributed by atoms with Gasteiger partial charge in [-0.05, 0) is 49.2 Å². The maximum absolute atomic E-state index is 13.0. The van der Waals surface area contributed by atoms with Crippen LogP contribution in [-0.2, 0) is 4.79 Å². The summed E-state index contributed by atoms with van der Waals surface area (Å²) in [5.41, 5.74) is 0.489. The fraction of sp³-hybridized carbons (Fsp3) is 0.300. The van der Waals surface area contributed by atoms with Crippen molar-refractivity contribution in [1.82, 2.24) is 4.90 Å². The molecule has 0 radical (unpaired) electrons. The summed E-state index contributed by atoms with van der Waals surface area (Å²) in [5.74, 6) is -2.10. The largest absolute Gasteiger partial charge is 0.573 e. The van der Waals surface area contributed by atoms with E-state index in [2.05, 4.69) is 10.1 Å². The van der Waals surface area contributed by atoms with Crippen molar-refractivity contribution >= 4 is 17.5 Å². The average molecular weight is 410 g/mol. The first-order valence-corrected chi connectivity index (χ1v) is 8.93. The Morgan fingerprint density at radius 2 is 1.83 bits per heavy atom. The molecule has 29 heavy (non-hydrogen) atoms. The Balaban J connectivity index is 1.63. The summed E-state index contributed by atoms with van der Waals surface area (Å²) in [7, 11) is 0. The topological polar surface area (TPSA) is 58.6 Å². The summed E-state index contributed by atoms with van der Waals surface area (Å²) in [6.45, 7) is 0.635. The van der Waals surface area contributed by atoms with E-state index in [-0.39, 0.29) is 18.1 Å². The van der Waals surface area contributed by atoms with Crippen LogP contribution in [0.1, 0.15) is 23.2 Å². The van der Waals surface area contributed by atoms with Gasteiger partial charge in [0, 0.05) is 30.4 Å². The first-order valence-electron chi connectivity index (χ1n) is 8.93. The summed E-state index contributed by atoms with van der Waals surface area (Å²) >= 11 is 0. The van der Waals surface area contributed by atoms with E-state index in [4.69, 9.17) is 0 Å². The summed E-state index contributed by atoms with van der Waals surface area (Å²) < 4.78 is 53.9. The first kappa shape index (κ1) is 20.6. The van der Waals surface area contributed by atoms with Crippen molar-refractivity contribution in [3.05, 3.63) is 59.9 Å². The molecule has 5 nitrogen and oxygen atoms in total. The highest BCUT2D eigenvalue weighted by atomic mass is 19.4. The van der Waals surface area contributed by atoms with Crippen LogP contribution < -0.4 is 10.1 Å². The van der Waals surface area contributed by atoms with Gasteiger partial charge in [-0.25, -0.2) is 4.39 Å². The lowest BCUT2D eigenvalue weighted by molar-refractivity contribution is -0.274. The molecule has 1 N–H and O–H groups in total. The smallest absolute Gasteiger partial charge is 0.406 e. The van der Waals surface area contributed by atoms with Crippen LogP contribution in [0.4, 0.5) is 23.2 Å². The minimum Gasteiger partial charge on any atom is -0.406 e. The SMILES string of the molecule is O=C(Nc1cccc(OC(F)(F)F)c1)C1CCCN(C(=O)c2ccc(F)cc2)C1. The number of carbonyl (C=O) groups excluding carboxylic acids is 2. The highest BCUT2D eigenvalue weighted by Gasteiger charge is 2.32. The molecule has 2 amide bonds. The minimum atomic E-state index is -4.83. The number of rotatable bonds is 4. The van der Waals surface area contributed by atoms with Crippen LogP contribution in [-0.4, -0.2) is 36.2 Å². The van der Waals surface area contributed by atoms with Gasteiger partial charge < -0.3 is 15.0 Å². The summed E-state index contributed by atoms with van der Waals surface area (Å²) in [4.78, 5) is 26.6. The number of nitrogens with zero attached hydrogens (tertiary/aromatic N) is 1. The second-order valence-corrected chi connectivity index (χ2v) is 6.66. The second-order valence-electron chi connectivity index (χ2n) is 6.66. The number of piperidine rings is 1. The summed E-state index contributed by atoms with van der Waals surface area (Å²) in [5, 5.41) is 2.57. The lowest BCUT2D eigenvalue weighted by Gasteiger charge is -2.32. The van der Waals surface area contributed by atoms with E-state index in [1.54, 1.807) is 0 Å². The molecule has 0 aliphatic carbocycles. The highest BCUT2D eigenvalue weighted by molar-refractivity contribution is 5.96. The number of ether oxygens (including phenoxy) is 1. The molecule has 0 aromatic heterocycles. The standard InChI is InChI=1S/C20H18F4N2O3/c21-15-8-6-13(7-9-15)19(28)26-10-2-3-14(12-26)18(27)25-16-4-1-5-17(11-16)29-20(22,23)24/h1,4-9,11,14H,2-3,10,12H2,(H,25,27). The Labute approximate surface area is 164 Å². The van der Waals surface area contributed by atoms with Crippen molar-refractivity contribution in [1.29, 1.82) is 0 Å². The van der Waals surface area contributed by atoms with Crippen molar-refractivity contribution in [3.8, 4) is 5.75 Å². The Morgan fingerprint density at radius 3 is 2.52 bits per heavy atom. The van der Waals surface area contributed by atoms with E-state index in [9.17, 15) is 27.2 Å². The number of halogens is 4. The van der Waals surface area contributed by atoms with Crippen molar-refractivity contribution < 1.29 is 31.9 Å². The van der Waals surface area contributed by atoms with Crippen LogP contribution in [0.3, 0.4) is 0 Å². The molecule has 2 aromatic carbocycles. The van der Waals surface area contributed by atoms with Crippen LogP contribution in [0.25, 0.3) is 0 Å². The number of benzene rings is 2. The van der Waals surface area contributed by atoms with E-state index in [0.29, 0.717) is 24.9 Å². The molecule has 1 unspecified atom stereocenters. The third kappa shape index (κ3) is 5.69. The number of likely N-dealkylation sites (tertiary alicyclic amines) is 1. The molecular formula is C20H18F4N2O3. The fourth-order valence-electron chi connectivity index (χ4n) is 3.17. The zero-order valence-electron chi connectivity index (χ0n) is 15.2. The Kier molecular flexibility index (Phi) is 6.05. The van der Waals surface area contributed by atoms with Gasteiger partial charge >= 0.3 is 6.36 Å². The van der Waals surface area contributed by atoms with E-state index >= 15 is 0 Å². The summed E-state index contributed by atoms with van der Waals surface area (Å²) in [6.07, 6.45) is -3.69. The maximum atomic E-state index is 13.0. The first-order chi connectivity index (χ1) is 13.7. The second kappa shape index (κ2) is 8.50. The van der Waals surface area contributed by atoms with Crippen LogP contribution >= 0.6 is 0 Å². The zero-order chi connectivity index (χ0) is 21.0. The molecule has 0 spiro atoms. The number of carbonyl (C=O) groups is 2. The van der Waals surface area contributed by atoms with E-state index < -0.39 is 29.8 Å². The number of anilines is 1. The van der Waals surface area contributed by atoms with E-state index in [0.717, 1.165) is 12.1 Å². The van der Waals surface area contributed by atoms with Crippen LogP contribution in [0.5, 0.6) is 5.75 Å². The molecule has 1 atom stereocenters. The van der Waals surface area contributed by atoms with Crippen molar-refractivity contribution in [2.24, 2.45) is 5.92 Å². The van der Waals surface area contributed by atoms with Gasteiger partial charge in [0.2, 0.25) is 5.91 Å². The molecule has 1 saturated heterocycles. The van der Waals surface area contributed by atoms with Gasteiger partial charge in [0.15, 0.2) is 0 Å². The van der Waals surface area contributed by atoms with Crippen LogP contribution in [0.15, 0.2) is 48.5 Å². The Morgan fingerprint density at radius 1 is 1.10 bits per heavy atom.